The van der Waals surface area contributed by atoms with Crippen LogP contribution in [0.5, 0.6) is 0 Å². The molecule has 136 valence electrons. The number of aromatic nitrogens is 2. The van der Waals surface area contributed by atoms with Gasteiger partial charge in [0.05, 0.1) is 11.1 Å². The number of para-hydroxylation sites is 1. The van der Waals surface area contributed by atoms with E-state index in [4.69, 9.17) is 0 Å². The summed E-state index contributed by atoms with van der Waals surface area (Å²) in [4.78, 5) is 15.7. The molecule has 0 aliphatic heterocycles. The fourth-order valence-corrected chi connectivity index (χ4v) is 4.36. The molecule has 7 nitrogen and oxygen atoms in total. The molecule has 8 heteroatoms. The van der Waals surface area contributed by atoms with Crippen LogP contribution in [0.2, 0.25) is 0 Å². The number of carboxylic acid groups (broad SMARTS) is 1. The van der Waals surface area contributed by atoms with Crippen LogP contribution in [-0.4, -0.2) is 29.0 Å². The first kappa shape index (κ1) is 17.0. The van der Waals surface area contributed by atoms with Crippen molar-refractivity contribution in [1.29, 1.82) is 0 Å². The molecule has 2 aromatic heterocycles. The molecule has 0 bridgehead atoms. The minimum Gasteiger partial charge on any atom is -0.478 e. The van der Waals surface area contributed by atoms with Crippen molar-refractivity contribution >= 4 is 43.5 Å². The molecule has 2 aromatic carbocycles. The number of hydrogen-bond acceptors (Lipinski definition) is 4. The maximum Gasteiger partial charge on any atom is 0.337 e. The second-order valence-corrected chi connectivity index (χ2v) is 7.78. The van der Waals surface area contributed by atoms with E-state index in [0.29, 0.717) is 21.8 Å². The lowest BCUT2D eigenvalue weighted by atomic mass is 10.1. The quantitative estimate of drug-likeness (QED) is 0.565. The Balaban J connectivity index is 1.81. The number of aromatic carboxylic acids is 1. The Labute approximate surface area is 154 Å². The largest absolute Gasteiger partial charge is 0.478 e. The number of carbonyl (C=O) groups is 1. The third kappa shape index (κ3) is 2.89. The van der Waals surface area contributed by atoms with Gasteiger partial charge in [0.25, 0.3) is 10.0 Å². The number of fused-ring (bicyclic) bond motifs is 2. The number of pyridine rings is 1. The van der Waals surface area contributed by atoms with E-state index in [1.807, 2.05) is 0 Å². The Kier molecular flexibility index (Phi) is 3.85. The molecule has 0 saturated carbocycles. The lowest BCUT2D eigenvalue weighted by molar-refractivity contribution is 0.0699. The van der Waals surface area contributed by atoms with Gasteiger partial charge in [0.15, 0.2) is 0 Å². The van der Waals surface area contributed by atoms with Crippen molar-refractivity contribution in [3.05, 3.63) is 66.5 Å². The number of aryl methyl sites for hydroxylation is 1. The fourth-order valence-electron chi connectivity index (χ4n) is 3.13. The highest BCUT2D eigenvalue weighted by molar-refractivity contribution is 7.93. The summed E-state index contributed by atoms with van der Waals surface area (Å²) in [7, 11) is -2.17. The summed E-state index contributed by atoms with van der Waals surface area (Å²) in [5, 5.41) is 10.5. The molecule has 0 aliphatic carbocycles. The number of nitrogens with one attached hydrogen (secondary N) is 1. The monoisotopic (exact) mass is 381 g/mol. The highest BCUT2D eigenvalue weighted by Gasteiger charge is 2.19. The number of nitrogens with zero attached hydrogens (tertiary/aromatic N) is 2. The van der Waals surface area contributed by atoms with Crippen molar-refractivity contribution < 1.29 is 18.3 Å². The van der Waals surface area contributed by atoms with Crippen LogP contribution in [0.4, 0.5) is 5.69 Å². The van der Waals surface area contributed by atoms with Gasteiger partial charge in [0.2, 0.25) is 0 Å². The predicted octanol–water partition coefficient (Wildman–Crippen LogP) is 3.23. The highest BCUT2D eigenvalue weighted by atomic mass is 32.2. The smallest absolute Gasteiger partial charge is 0.337 e. The number of rotatable bonds is 4. The SMILES string of the molecule is Cn1cc(C(=O)O)c2cc(NS(=O)(=O)c3cccc4cccnc34)ccc21. The van der Waals surface area contributed by atoms with Crippen LogP contribution in [0.25, 0.3) is 21.8 Å². The van der Waals surface area contributed by atoms with E-state index >= 15 is 0 Å². The molecule has 2 N–H and O–H groups in total. The zero-order chi connectivity index (χ0) is 19.2. The number of carboxylic acids is 1. The summed E-state index contributed by atoms with van der Waals surface area (Å²) in [5.41, 5.74) is 1.46. The van der Waals surface area contributed by atoms with Crippen LogP contribution < -0.4 is 4.72 Å². The standard InChI is InChI=1S/C19H15N3O4S/c1-22-11-15(19(23)24)14-10-13(7-8-16(14)22)21-27(25,26)17-6-2-4-12-5-3-9-20-18(12)17/h2-11,21H,1H3,(H,23,24). The molecule has 4 aromatic rings. The maximum absolute atomic E-state index is 12.9. The van der Waals surface area contributed by atoms with Crippen molar-refractivity contribution in [1.82, 2.24) is 9.55 Å². The van der Waals surface area contributed by atoms with E-state index in [0.717, 1.165) is 0 Å². The lowest BCUT2D eigenvalue weighted by Crippen LogP contribution is -2.13. The number of hydrogen-bond donors (Lipinski definition) is 2. The van der Waals surface area contributed by atoms with E-state index in [9.17, 15) is 18.3 Å². The molecular weight excluding hydrogens is 366 g/mol. The molecule has 0 atom stereocenters. The van der Waals surface area contributed by atoms with Crippen LogP contribution in [0.15, 0.2) is 65.8 Å². The topological polar surface area (TPSA) is 101 Å². The van der Waals surface area contributed by atoms with Crippen molar-refractivity contribution in [2.24, 2.45) is 7.05 Å². The van der Waals surface area contributed by atoms with Gasteiger partial charge in [-0.15, -0.1) is 0 Å². The third-order valence-corrected chi connectivity index (χ3v) is 5.77. The zero-order valence-electron chi connectivity index (χ0n) is 14.2. The van der Waals surface area contributed by atoms with Crippen LogP contribution in [-0.2, 0) is 17.1 Å². The molecule has 0 saturated heterocycles. The van der Waals surface area contributed by atoms with Crippen molar-refractivity contribution in [3.63, 3.8) is 0 Å². The number of benzene rings is 2. The first-order valence-electron chi connectivity index (χ1n) is 8.06. The summed E-state index contributed by atoms with van der Waals surface area (Å²) in [5.74, 6) is -1.07. The van der Waals surface area contributed by atoms with Gasteiger partial charge in [-0.1, -0.05) is 18.2 Å². The minimum atomic E-state index is -3.90. The Hall–Kier alpha value is -3.39. The number of sulfonamides is 1. The van der Waals surface area contributed by atoms with Crippen LogP contribution in [0, 0.1) is 0 Å². The zero-order valence-corrected chi connectivity index (χ0v) is 15.1. The van der Waals surface area contributed by atoms with Gasteiger partial charge in [0.1, 0.15) is 4.90 Å². The minimum absolute atomic E-state index is 0.0622. The Morgan fingerprint density at radius 3 is 2.70 bits per heavy atom. The summed E-state index contributed by atoms with van der Waals surface area (Å²) < 4.78 is 30.0. The average molecular weight is 381 g/mol. The van der Waals surface area contributed by atoms with Crippen molar-refractivity contribution in [2.75, 3.05) is 4.72 Å². The molecule has 0 amide bonds. The number of anilines is 1. The van der Waals surface area contributed by atoms with Gasteiger partial charge >= 0.3 is 5.97 Å². The Bertz CT molecular complexity index is 1300. The first-order chi connectivity index (χ1) is 12.9. The van der Waals surface area contributed by atoms with E-state index in [1.165, 1.54) is 24.5 Å². The molecular formula is C19H15N3O4S. The predicted molar refractivity (Wildman–Crippen MR) is 102 cm³/mol. The summed E-state index contributed by atoms with van der Waals surface area (Å²) >= 11 is 0. The van der Waals surface area contributed by atoms with Crippen LogP contribution in [0.1, 0.15) is 10.4 Å². The highest BCUT2D eigenvalue weighted by Crippen LogP contribution is 2.27. The average Bonchev–Trinajstić information content (AvgIpc) is 2.97. The molecule has 0 radical (unpaired) electrons. The summed E-state index contributed by atoms with van der Waals surface area (Å²) in [6, 6.07) is 13.3. The first-order valence-corrected chi connectivity index (χ1v) is 9.54. The third-order valence-electron chi connectivity index (χ3n) is 4.36. The van der Waals surface area contributed by atoms with E-state index in [2.05, 4.69) is 9.71 Å². The summed E-state index contributed by atoms with van der Waals surface area (Å²) in [6.07, 6.45) is 3.04. The molecule has 2 heterocycles. The van der Waals surface area contributed by atoms with Crippen LogP contribution in [0.3, 0.4) is 0 Å². The van der Waals surface area contributed by atoms with Crippen LogP contribution >= 0.6 is 0 Å². The van der Waals surface area contributed by atoms with E-state index in [1.54, 1.807) is 48.0 Å². The Morgan fingerprint density at radius 2 is 1.93 bits per heavy atom. The van der Waals surface area contributed by atoms with Gasteiger partial charge < -0.3 is 9.67 Å². The fraction of sp³-hybridized carbons (Fsp3) is 0.0526. The normalized spacial score (nSPS) is 11.7. The lowest BCUT2D eigenvalue weighted by Gasteiger charge is -2.10. The molecule has 0 unspecified atom stereocenters. The van der Waals surface area contributed by atoms with Gasteiger partial charge in [-0.05, 0) is 30.3 Å². The van der Waals surface area contributed by atoms with Crippen molar-refractivity contribution in [3.8, 4) is 0 Å². The van der Waals surface area contributed by atoms with Gasteiger partial charge in [0, 0.05) is 41.4 Å². The summed E-state index contributed by atoms with van der Waals surface area (Å²) in [6.45, 7) is 0. The van der Waals surface area contributed by atoms with Gasteiger partial charge in [-0.3, -0.25) is 9.71 Å². The molecule has 4 rings (SSSR count). The maximum atomic E-state index is 12.9. The molecule has 0 fully saturated rings. The van der Waals surface area contributed by atoms with E-state index in [-0.39, 0.29) is 16.1 Å². The van der Waals surface area contributed by atoms with E-state index < -0.39 is 16.0 Å². The second-order valence-electron chi connectivity index (χ2n) is 6.13. The molecule has 0 spiro atoms. The van der Waals surface area contributed by atoms with Gasteiger partial charge in [-0.2, -0.15) is 0 Å². The molecule has 0 aliphatic rings. The Morgan fingerprint density at radius 1 is 1.15 bits per heavy atom. The molecule has 27 heavy (non-hydrogen) atoms. The van der Waals surface area contributed by atoms with Crippen molar-refractivity contribution in [2.45, 2.75) is 4.90 Å². The second kappa shape index (κ2) is 6.10. The van der Waals surface area contributed by atoms with Gasteiger partial charge in [-0.25, -0.2) is 13.2 Å².